The molecule has 2 nitrogen and oxygen atoms in total. The van der Waals surface area contributed by atoms with E-state index < -0.39 is 5.60 Å². The number of aliphatic hydroxyl groups is 2. The second kappa shape index (κ2) is 3.18. The Hall–Kier alpha value is -0.0800. The van der Waals surface area contributed by atoms with Crippen LogP contribution in [-0.4, -0.2) is 22.4 Å². The van der Waals surface area contributed by atoms with Crippen molar-refractivity contribution in [3.05, 3.63) is 0 Å². The second-order valence-corrected chi connectivity index (χ2v) is 2.79. The van der Waals surface area contributed by atoms with E-state index in [1.807, 2.05) is 13.8 Å². The van der Waals surface area contributed by atoms with Crippen LogP contribution in [0.2, 0.25) is 0 Å². The number of rotatable bonds is 3. The Morgan fingerprint density at radius 3 is 2.11 bits per heavy atom. The van der Waals surface area contributed by atoms with Gasteiger partial charge in [0.15, 0.2) is 0 Å². The molecule has 0 aromatic heterocycles. The quantitative estimate of drug-likeness (QED) is 0.595. The van der Waals surface area contributed by atoms with E-state index in [1.54, 1.807) is 6.92 Å². The van der Waals surface area contributed by atoms with Gasteiger partial charge in [0.2, 0.25) is 0 Å². The van der Waals surface area contributed by atoms with Crippen LogP contribution in [-0.2, 0) is 0 Å². The molecule has 0 spiro atoms. The Bertz CT molecular complexity index is 79.0. The Morgan fingerprint density at radius 2 is 2.00 bits per heavy atom. The first-order chi connectivity index (χ1) is 4.04. The summed E-state index contributed by atoms with van der Waals surface area (Å²) >= 11 is 0. The Kier molecular flexibility index (Phi) is 3.15. The lowest BCUT2D eigenvalue weighted by atomic mass is 9.89. The van der Waals surface area contributed by atoms with Gasteiger partial charge in [-0.15, -0.1) is 0 Å². The lowest BCUT2D eigenvalue weighted by molar-refractivity contribution is -0.0191. The normalized spacial score (nSPS) is 21.0. The lowest BCUT2D eigenvalue weighted by Crippen LogP contribution is -2.33. The largest absolute Gasteiger partial charge is 0.396 e. The monoisotopic (exact) mass is 132 g/mol. The second-order valence-electron chi connectivity index (χ2n) is 2.79. The zero-order chi connectivity index (χ0) is 7.49. The molecule has 0 aliphatic carbocycles. The number of aliphatic hydroxyl groups excluding tert-OH is 1. The third kappa shape index (κ3) is 2.33. The molecule has 2 atom stereocenters. The van der Waals surface area contributed by atoms with Gasteiger partial charge in [-0.25, -0.2) is 0 Å². The van der Waals surface area contributed by atoms with Gasteiger partial charge in [-0.05, 0) is 13.3 Å². The van der Waals surface area contributed by atoms with Crippen LogP contribution in [0, 0.1) is 5.92 Å². The molecule has 2 N–H and O–H groups in total. The summed E-state index contributed by atoms with van der Waals surface area (Å²) in [5, 5.41) is 18.1. The topological polar surface area (TPSA) is 40.5 Å². The van der Waals surface area contributed by atoms with Crippen molar-refractivity contribution in [1.29, 1.82) is 0 Å². The summed E-state index contributed by atoms with van der Waals surface area (Å²) in [6, 6.07) is 0. The van der Waals surface area contributed by atoms with Gasteiger partial charge in [0.05, 0.1) is 5.60 Å². The smallest absolute Gasteiger partial charge is 0.0664 e. The fourth-order valence-electron chi connectivity index (χ4n) is 0.545. The van der Waals surface area contributed by atoms with Crippen molar-refractivity contribution in [2.45, 2.75) is 32.8 Å². The Morgan fingerprint density at radius 1 is 1.56 bits per heavy atom. The van der Waals surface area contributed by atoms with Crippen molar-refractivity contribution in [2.75, 3.05) is 6.61 Å². The highest BCUT2D eigenvalue weighted by Crippen LogP contribution is 2.19. The summed E-state index contributed by atoms with van der Waals surface area (Å²) < 4.78 is 0. The fraction of sp³-hybridized carbons (Fsp3) is 1.00. The molecular weight excluding hydrogens is 116 g/mol. The first kappa shape index (κ1) is 8.92. The summed E-state index contributed by atoms with van der Waals surface area (Å²) in [5.74, 6) is -0.0255. The van der Waals surface area contributed by atoms with Crippen molar-refractivity contribution in [3.63, 3.8) is 0 Å². The average Bonchev–Trinajstić information content (AvgIpc) is 1.86. The molecule has 0 aromatic carbocycles. The standard InChI is InChI=1S/C7H16O2/c1-4-7(3,9)6(2)5-8/h6,8-9H,4-5H2,1-3H3. The third-order valence-corrected chi connectivity index (χ3v) is 2.05. The molecule has 0 fully saturated rings. The van der Waals surface area contributed by atoms with Gasteiger partial charge in [-0.2, -0.15) is 0 Å². The molecule has 0 aliphatic heterocycles. The van der Waals surface area contributed by atoms with E-state index in [9.17, 15) is 5.11 Å². The molecule has 0 radical (unpaired) electrons. The highest BCUT2D eigenvalue weighted by Gasteiger charge is 2.24. The van der Waals surface area contributed by atoms with Gasteiger partial charge >= 0.3 is 0 Å². The Balaban J connectivity index is 3.80. The molecule has 0 bridgehead atoms. The van der Waals surface area contributed by atoms with E-state index in [0.717, 1.165) is 0 Å². The van der Waals surface area contributed by atoms with E-state index in [4.69, 9.17) is 5.11 Å². The first-order valence-electron chi connectivity index (χ1n) is 3.37. The van der Waals surface area contributed by atoms with Crippen molar-refractivity contribution in [2.24, 2.45) is 5.92 Å². The zero-order valence-corrected chi connectivity index (χ0v) is 6.39. The van der Waals surface area contributed by atoms with Crippen molar-refractivity contribution >= 4 is 0 Å². The molecule has 56 valence electrons. The molecule has 0 amide bonds. The fourth-order valence-corrected chi connectivity index (χ4v) is 0.545. The number of hydrogen-bond acceptors (Lipinski definition) is 2. The van der Waals surface area contributed by atoms with Gasteiger partial charge < -0.3 is 10.2 Å². The van der Waals surface area contributed by atoms with E-state index in [0.29, 0.717) is 6.42 Å². The summed E-state index contributed by atoms with van der Waals surface area (Å²) in [7, 11) is 0. The van der Waals surface area contributed by atoms with Crippen LogP contribution in [0.15, 0.2) is 0 Å². The minimum Gasteiger partial charge on any atom is -0.396 e. The maximum absolute atomic E-state index is 9.43. The molecule has 2 heteroatoms. The SMILES string of the molecule is CCC(C)(O)C(C)CO. The molecular formula is C7H16O2. The molecule has 0 saturated heterocycles. The van der Waals surface area contributed by atoms with Gasteiger partial charge in [-0.1, -0.05) is 13.8 Å². The molecule has 0 aromatic rings. The van der Waals surface area contributed by atoms with E-state index >= 15 is 0 Å². The third-order valence-electron chi connectivity index (χ3n) is 2.05. The van der Waals surface area contributed by atoms with Crippen molar-refractivity contribution < 1.29 is 10.2 Å². The maximum atomic E-state index is 9.43. The van der Waals surface area contributed by atoms with Crippen LogP contribution in [0.1, 0.15) is 27.2 Å². The zero-order valence-electron chi connectivity index (χ0n) is 6.39. The molecule has 9 heavy (non-hydrogen) atoms. The lowest BCUT2D eigenvalue weighted by Gasteiger charge is -2.27. The average molecular weight is 132 g/mol. The molecule has 2 unspecified atom stereocenters. The predicted molar refractivity (Wildman–Crippen MR) is 37.2 cm³/mol. The number of hydrogen-bond donors (Lipinski definition) is 2. The van der Waals surface area contributed by atoms with Crippen molar-refractivity contribution in [1.82, 2.24) is 0 Å². The van der Waals surface area contributed by atoms with Crippen LogP contribution in [0.5, 0.6) is 0 Å². The summed E-state index contributed by atoms with van der Waals surface area (Å²) in [5.41, 5.74) is -0.700. The van der Waals surface area contributed by atoms with Gasteiger partial charge in [0.25, 0.3) is 0 Å². The van der Waals surface area contributed by atoms with Crippen LogP contribution >= 0.6 is 0 Å². The highest BCUT2D eigenvalue weighted by molar-refractivity contribution is 4.76. The maximum Gasteiger partial charge on any atom is 0.0664 e. The van der Waals surface area contributed by atoms with E-state index in [2.05, 4.69) is 0 Å². The summed E-state index contributed by atoms with van der Waals surface area (Å²) in [6.07, 6.45) is 0.689. The molecule has 0 saturated carbocycles. The minimum absolute atomic E-state index is 0.0255. The minimum atomic E-state index is -0.700. The Labute approximate surface area is 56.5 Å². The van der Waals surface area contributed by atoms with Gasteiger partial charge in [0.1, 0.15) is 0 Å². The van der Waals surface area contributed by atoms with Crippen molar-refractivity contribution in [3.8, 4) is 0 Å². The van der Waals surface area contributed by atoms with Gasteiger partial charge in [-0.3, -0.25) is 0 Å². The van der Waals surface area contributed by atoms with Gasteiger partial charge in [0, 0.05) is 12.5 Å². The van der Waals surface area contributed by atoms with Crippen LogP contribution in [0.4, 0.5) is 0 Å². The van der Waals surface area contributed by atoms with E-state index in [-0.39, 0.29) is 12.5 Å². The van der Waals surface area contributed by atoms with Crippen LogP contribution in [0.3, 0.4) is 0 Å². The molecule has 0 heterocycles. The highest BCUT2D eigenvalue weighted by atomic mass is 16.3. The van der Waals surface area contributed by atoms with E-state index in [1.165, 1.54) is 0 Å². The first-order valence-corrected chi connectivity index (χ1v) is 3.37. The summed E-state index contributed by atoms with van der Waals surface area (Å²) in [4.78, 5) is 0. The summed E-state index contributed by atoms with van der Waals surface area (Å²) in [6.45, 7) is 5.55. The van der Waals surface area contributed by atoms with Crippen LogP contribution < -0.4 is 0 Å². The van der Waals surface area contributed by atoms with Crippen LogP contribution in [0.25, 0.3) is 0 Å². The predicted octanol–water partition coefficient (Wildman–Crippen LogP) is 0.776. The molecule has 0 rings (SSSR count). The molecule has 0 aliphatic rings.